The number of rotatable bonds is 5. The van der Waals surface area contributed by atoms with Crippen LogP contribution in [0.4, 0.5) is 5.69 Å². The lowest BCUT2D eigenvalue weighted by molar-refractivity contribution is 0.109. The van der Waals surface area contributed by atoms with Crippen LogP contribution < -0.4 is 9.64 Å². The van der Waals surface area contributed by atoms with E-state index in [1.54, 1.807) is 7.11 Å². The second-order valence-corrected chi connectivity index (χ2v) is 5.92. The molecule has 0 saturated carbocycles. The number of methoxy groups -OCH3 is 1. The van der Waals surface area contributed by atoms with Crippen molar-refractivity contribution in [2.75, 3.05) is 44.7 Å². The third kappa shape index (κ3) is 4.03. The highest BCUT2D eigenvalue weighted by atomic mass is 16.5. The van der Waals surface area contributed by atoms with E-state index in [1.165, 1.54) is 5.69 Å². The van der Waals surface area contributed by atoms with Crippen LogP contribution in [0.25, 0.3) is 0 Å². The second-order valence-electron chi connectivity index (χ2n) is 5.92. The van der Waals surface area contributed by atoms with Crippen LogP contribution in [0.2, 0.25) is 0 Å². The molecule has 1 aliphatic heterocycles. The van der Waals surface area contributed by atoms with E-state index < -0.39 is 6.10 Å². The summed E-state index contributed by atoms with van der Waals surface area (Å²) in [4.78, 5) is 4.72. The van der Waals surface area contributed by atoms with Gasteiger partial charge in [-0.25, -0.2) is 0 Å². The zero-order valence-corrected chi connectivity index (χ0v) is 13.6. The summed E-state index contributed by atoms with van der Waals surface area (Å²) < 4.78 is 5.23. The predicted molar refractivity (Wildman–Crippen MR) is 93.0 cm³/mol. The van der Waals surface area contributed by atoms with Gasteiger partial charge in [-0.3, -0.25) is 4.90 Å². The third-order valence-corrected chi connectivity index (χ3v) is 4.40. The molecule has 0 radical (unpaired) electrons. The van der Waals surface area contributed by atoms with Crippen molar-refractivity contribution >= 4 is 5.69 Å². The lowest BCUT2D eigenvalue weighted by Gasteiger charge is -2.37. The molecule has 2 aromatic rings. The van der Waals surface area contributed by atoms with E-state index in [-0.39, 0.29) is 0 Å². The van der Waals surface area contributed by atoms with Gasteiger partial charge >= 0.3 is 0 Å². The number of hydrogen-bond donors (Lipinski definition) is 1. The zero-order valence-electron chi connectivity index (χ0n) is 13.6. The number of hydrogen-bond acceptors (Lipinski definition) is 4. The standard InChI is InChI=1S/C19H24N2O2/c1-23-18-9-5-6-16(14-18)19(22)15-20-10-12-21(13-11-20)17-7-3-2-4-8-17/h2-9,14,19,22H,10-13,15H2,1H3/t19-/m1/s1. The quantitative estimate of drug-likeness (QED) is 0.920. The molecule has 122 valence electrons. The lowest BCUT2D eigenvalue weighted by atomic mass is 10.1. The Kier molecular flexibility index (Phi) is 5.16. The second kappa shape index (κ2) is 7.49. The van der Waals surface area contributed by atoms with Crippen LogP contribution in [0.5, 0.6) is 5.75 Å². The molecular weight excluding hydrogens is 288 g/mol. The van der Waals surface area contributed by atoms with Crippen molar-refractivity contribution in [2.24, 2.45) is 0 Å². The fraction of sp³-hybridized carbons (Fsp3) is 0.368. The van der Waals surface area contributed by atoms with Gasteiger partial charge in [0.1, 0.15) is 5.75 Å². The third-order valence-electron chi connectivity index (χ3n) is 4.40. The lowest BCUT2D eigenvalue weighted by Crippen LogP contribution is -2.47. The minimum absolute atomic E-state index is 0.478. The maximum atomic E-state index is 10.5. The molecule has 0 spiro atoms. The molecule has 0 aromatic heterocycles. The van der Waals surface area contributed by atoms with Crippen LogP contribution in [0.3, 0.4) is 0 Å². The highest BCUT2D eigenvalue weighted by molar-refractivity contribution is 5.46. The van der Waals surface area contributed by atoms with Crippen LogP contribution in [0, 0.1) is 0 Å². The Labute approximate surface area is 137 Å². The van der Waals surface area contributed by atoms with E-state index >= 15 is 0 Å². The van der Waals surface area contributed by atoms with Gasteiger partial charge in [-0.15, -0.1) is 0 Å². The number of ether oxygens (including phenoxy) is 1. The fourth-order valence-electron chi connectivity index (χ4n) is 3.03. The molecule has 0 unspecified atom stereocenters. The largest absolute Gasteiger partial charge is 0.497 e. The van der Waals surface area contributed by atoms with Crippen LogP contribution in [0.15, 0.2) is 54.6 Å². The van der Waals surface area contributed by atoms with Gasteiger partial charge in [0.15, 0.2) is 0 Å². The minimum atomic E-state index is -0.478. The van der Waals surface area contributed by atoms with Crippen molar-refractivity contribution in [3.05, 3.63) is 60.2 Å². The first-order chi connectivity index (χ1) is 11.3. The highest BCUT2D eigenvalue weighted by Crippen LogP contribution is 2.21. The van der Waals surface area contributed by atoms with E-state index in [4.69, 9.17) is 4.74 Å². The average molecular weight is 312 g/mol. The summed E-state index contributed by atoms with van der Waals surface area (Å²) in [5.74, 6) is 0.787. The fourth-order valence-corrected chi connectivity index (χ4v) is 3.03. The molecule has 4 heteroatoms. The van der Waals surface area contributed by atoms with Crippen LogP contribution in [-0.4, -0.2) is 49.8 Å². The molecule has 1 saturated heterocycles. The first kappa shape index (κ1) is 15.8. The maximum Gasteiger partial charge on any atom is 0.119 e. The Hall–Kier alpha value is -2.04. The number of benzene rings is 2. The summed E-state index contributed by atoms with van der Waals surface area (Å²) in [7, 11) is 1.65. The summed E-state index contributed by atoms with van der Waals surface area (Å²) in [6.45, 7) is 4.59. The summed E-state index contributed by atoms with van der Waals surface area (Å²) >= 11 is 0. The Balaban J connectivity index is 1.54. The van der Waals surface area contributed by atoms with Crippen LogP contribution >= 0.6 is 0 Å². The Morgan fingerprint density at radius 1 is 1.00 bits per heavy atom. The van der Waals surface area contributed by atoms with Gasteiger partial charge in [0.05, 0.1) is 13.2 Å². The minimum Gasteiger partial charge on any atom is -0.497 e. The zero-order chi connectivity index (χ0) is 16.1. The normalized spacial score (nSPS) is 17.0. The van der Waals surface area contributed by atoms with E-state index in [2.05, 4.69) is 34.1 Å². The number of aliphatic hydroxyl groups is 1. The van der Waals surface area contributed by atoms with Gasteiger partial charge in [0.2, 0.25) is 0 Å². The number of anilines is 1. The summed E-state index contributed by atoms with van der Waals surface area (Å²) in [5, 5.41) is 10.5. The van der Waals surface area contributed by atoms with Crippen molar-refractivity contribution in [3.63, 3.8) is 0 Å². The number of piperazine rings is 1. The highest BCUT2D eigenvalue weighted by Gasteiger charge is 2.20. The van der Waals surface area contributed by atoms with Gasteiger partial charge in [-0.05, 0) is 29.8 Å². The topological polar surface area (TPSA) is 35.9 Å². The molecule has 0 bridgehead atoms. The monoisotopic (exact) mass is 312 g/mol. The van der Waals surface area contributed by atoms with Gasteiger partial charge in [0, 0.05) is 38.4 Å². The Bertz CT molecular complexity index is 610. The van der Waals surface area contributed by atoms with E-state index in [0.717, 1.165) is 37.5 Å². The average Bonchev–Trinajstić information content (AvgIpc) is 2.63. The predicted octanol–water partition coefficient (Wildman–Crippen LogP) is 2.55. The molecule has 0 amide bonds. The first-order valence-corrected chi connectivity index (χ1v) is 8.10. The van der Waals surface area contributed by atoms with Crippen LogP contribution in [-0.2, 0) is 0 Å². The van der Waals surface area contributed by atoms with Gasteiger partial charge in [0.25, 0.3) is 0 Å². The molecule has 0 aliphatic carbocycles. The summed E-state index contributed by atoms with van der Waals surface area (Å²) in [6.07, 6.45) is -0.478. The van der Waals surface area contributed by atoms with Crippen molar-refractivity contribution < 1.29 is 9.84 Å². The molecule has 1 atom stereocenters. The molecule has 3 rings (SSSR count). The maximum absolute atomic E-state index is 10.5. The summed E-state index contributed by atoms with van der Waals surface area (Å²) in [6, 6.07) is 18.2. The van der Waals surface area contributed by atoms with Gasteiger partial charge < -0.3 is 14.7 Å². The molecular formula is C19H24N2O2. The Morgan fingerprint density at radius 2 is 1.74 bits per heavy atom. The van der Waals surface area contributed by atoms with Crippen LogP contribution in [0.1, 0.15) is 11.7 Å². The molecule has 2 aromatic carbocycles. The smallest absolute Gasteiger partial charge is 0.119 e. The molecule has 4 nitrogen and oxygen atoms in total. The van der Waals surface area contributed by atoms with Crippen molar-refractivity contribution in [1.82, 2.24) is 4.90 Å². The van der Waals surface area contributed by atoms with E-state index in [9.17, 15) is 5.11 Å². The number of aliphatic hydroxyl groups excluding tert-OH is 1. The molecule has 1 aliphatic rings. The number of para-hydroxylation sites is 1. The SMILES string of the molecule is COc1cccc([C@H](O)CN2CCN(c3ccccc3)CC2)c1. The first-order valence-electron chi connectivity index (χ1n) is 8.10. The summed E-state index contributed by atoms with van der Waals surface area (Å²) in [5.41, 5.74) is 2.19. The van der Waals surface area contributed by atoms with Gasteiger partial charge in [-0.1, -0.05) is 30.3 Å². The molecule has 1 heterocycles. The van der Waals surface area contributed by atoms with E-state index in [1.807, 2.05) is 30.3 Å². The van der Waals surface area contributed by atoms with E-state index in [0.29, 0.717) is 6.54 Å². The molecule has 23 heavy (non-hydrogen) atoms. The number of β-amino-alcohol motifs (C(OH)–C–C–N with tert-alkyl or cyclic N) is 1. The van der Waals surface area contributed by atoms with Gasteiger partial charge in [-0.2, -0.15) is 0 Å². The Morgan fingerprint density at radius 3 is 2.43 bits per heavy atom. The molecule has 1 fully saturated rings. The van der Waals surface area contributed by atoms with Crippen molar-refractivity contribution in [1.29, 1.82) is 0 Å². The number of nitrogens with zero attached hydrogens (tertiary/aromatic N) is 2. The molecule has 1 N–H and O–H groups in total. The van der Waals surface area contributed by atoms with Crippen molar-refractivity contribution in [2.45, 2.75) is 6.10 Å². The van der Waals surface area contributed by atoms with Crippen molar-refractivity contribution in [3.8, 4) is 5.75 Å².